The van der Waals surface area contributed by atoms with Crippen molar-refractivity contribution in [3.05, 3.63) is 47.2 Å². The van der Waals surface area contributed by atoms with E-state index in [9.17, 15) is 0 Å². The van der Waals surface area contributed by atoms with Crippen LogP contribution in [0.15, 0.2) is 40.8 Å². The quantitative estimate of drug-likeness (QED) is 0.883. The number of hydrazine groups is 1. The molecule has 0 atom stereocenters. The van der Waals surface area contributed by atoms with E-state index in [0.717, 1.165) is 54.8 Å². The molecule has 2 aromatic rings. The molecule has 0 radical (unpaired) electrons. The molecule has 1 fully saturated rings. The number of piperazine rings is 1. The molecule has 1 aliphatic heterocycles. The molecule has 20 heavy (non-hydrogen) atoms. The van der Waals surface area contributed by atoms with Gasteiger partial charge in [0, 0.05) is 36.8 Å². The van der Waals surface area contributed by atoms with E-state index >= 15 is 0 Å². The van der Waals surface area contributed by atoms with Crippen LogP contribution >= 0.6 is 11.6 Å². The predicted octanol–water partition coefficient (Wildman–Crippen LogP) is 2.59. The number of hydrogen-bond acceptors (Lipinski definition) is 4. The molecule has 1 aliphatic rings. The van der Waals surface area contributed by atoms with Gasteiger partial charge >= 0.3 is 0 Å². The van der Waals surface area contributed by atoms with Crippen LogP contribution in [0.4, 0.5) is 0 Å². The van der Waals surface area contributed by atoms with Gasteiger partial charge < -0.3 is 4.42 Å². The highest BCUT2D eigenvalue weighted by Gasteiger charge is 2.16. The average molecular weight is 292 g/mol. The zero-order chi connectivity index (χ0) is 13.9. The second kappa shape index (κ2) is 5.97. The Balaban J connectivity index is 1.66. The Bertz CT molecular complexity index is 559. The van der Waals surface area contributed by atoms with Crippen molar-refractivity contribution in [3.63, 3.8) is 0 Å². The molecule has 4 nitrogen and oxygen atoms in total. The molecule has 5 heteroatoms. The van der Waals surface area contributed by atoms with Gasteiger partial charge in [0.15, 0.2) is 0 Å². The van der Waals surface area contributed by atoms with Crippen LogP contribution in [0.3, 0.4) is 0 Å². The van der Waals surface area contributed by atoms with Crippen LogP contribution in [-0.4, -0.2) is 36.1 Å². The summed E-state index contributed by atoms with van der Waals surface area (Å²) >= 11 is 5.89. The minimum atomic E-state index is 0.736. The zero-order valence-corrected chi connectivity index (χ0v) is 12.0. The lowest BCUT2D eigenvalue weighted by atomic mass is 10.2. The lowest BCUT2D eigenvalue weighted by Gasteiger charge is -2.31. The number of rotatable bonds is 3. The first-order chi connectivity index (χ1) is 9.70. The van der Waals surface area contributed by atoms with E-state index in [0.29, 0.717) is 0 Å². The van der Waals surface area contributed by atoms with Crippen molar-refractivity contribution in [3.8, 4) is 11.3 Å². The van der Waals surface area contributed by atoms with E-state index in [1.807, 2.05) is 41.4 Å². The van der Waals surface area contributed by atoms with Gasteiger partial charge in [0.1, 0.15) is 11.5 Å². The molecule has 0 amide bonds. The average Bonchev–Trinajstić information content (AvgIpc) is 2.91. The van der Waals surface area contributed by atoms with Gasteiger partial charge in [-0.1, -0.05) is 11.6 Å². The molecule has 0 bridgehead atoms. The smallest absolute Gasteiger partial charge is 0.134 e. The van der Waals surface area contributed by atoms with Crippen LogP contribution < -0.4 is 5.84 Å². The third-order valence-electron chi connectivity index (χ3n) is 3.58. The van der Waals surface area contributed by atoms with Crippen LogP contribution in [0.2, 0.25) is 5.02 Å². The summed E-state index contributed by atoms with van der Waals surface area (Å²) in [7, 11) is 0. The number of nitrogens with two attached hydrogens (primary N) is 1. The molecule has 0 spiro atoms. The maximum atomic E-state index is 5.91. The van der Waals surface area contributed by atoms with Gasteiger partial charge in [-0.25, -0.2) is 5.01 Å². The second-order valence-corrected chi connectivity index (χ2v) is 5.52. The van der Waals surface area contributed by atoms with Crippen LogP contribution in [0.1, 0.15) is 5.76 Å². The molecule has 0 unspecified atom stereocenters. The van der Waals surface area contributed by atoms with Gasteiger partial charge in [-0.15, -0.1) is 0 Å². The summed E-state index contributed by atoms with van der Waals surface area (Å²) < 4.78 is 5.91. The minimum Gasteiger partial charge on any atom is -0.460 e. The van der Waals surface area contributed by atoms with E-state index in [2.05, 4.69) is 4.90 Å². The standard InChI is InChI=1S/C15H18ClN3O/c16-13-3-1-12(2-4-13)15-6-5-14(20-15)11-18-7-9-19(17)10-8-18/h1-6H,7-11,17H2. The first-order valence-electron chi connectivity index (χ1n) is 6.77. The summed E-state index contributed by atoms with van der Waals surface area (Å²) in [5, 5.41) is 2.60. The topological polar surface area (TPSA) is 45.6 Å². The highest BCUT2D eigenvalue weighted by Crippen LogP contribution is 2.24. The van der Waals surface area contributed by atoms with Crippen LogP contribution in [0.25, 0.3) is 11.3 Å². The van der Waals surface area contributed by atoms with Gasteiger partial charge in [0.2, 0.25) is 0 Å². The predicted molar refractivity (Wildman–Crippen MR) is 80.2 cm³/mol. The maximum Gasteiger partial charge on any atom is 0.134 e. The molecule has 0 aliphatic carbocycles. The molecule has 1 saturated heterocycles. The van der Waals surface area contributed by atoms with Gasteiger partial charge in [-0.3, -0.25) is 10.7 Å². The van der Waals surface area contributed by atoms with E-state index in [1.165, 1.54) is 0 Å². The molecular formula is C15H18ClN3O. The largest absolute Gasteiger partial charge is 0.460 e. The Hall–Kier alpha value is -1.33. The van der Waals surface area contributed by atoms with Gasteiger partial charge in [-0.05, 0) is 36.4 Å². The summed E-state index contributed by atoms with van der Waals surface area (Å²) in [5.74, 6) is 7.63. The van der Waals surface area contributed by atoms with E-state index in [-0.39, 0.29) is 0 Å². The zero-order valence-electron chi connectivity index (χ0n) is 11.3. The molecule has 3 rings (SSSR count). The fourth-order valence-electron chi connectivity index (χ4n) is 2.37. The maximum absolute atomic E-state index is 5.91. The van der Waals surface area contributed by atoms with Crippen molar-refractivity contribution in [1.29, 1.82) is 0 Å². The normalized spacial score (nSPS) is 17.5. The number of nitrogens with zero attached hydrogens (tertiary/aromatic N) is 2. The monoisotopic (exact) mass is 291 g/mol. The van der Waals surface area contributed by atoms with Gasteiger partial charge in [-0.2, -0.15) is 0 Å². The van der Waals surface area contributed by atoms with E-state index < -0.39 is 0 Å². The summed E-state index contributed by atoms with van der Waals surface area (Å²) in [5.41, 5.74) is 1.05. The van der Waals surface area contributed by atoms with Crippen LogP contribution in [0.5, 0.6) is 0 Å². The summed E-state index contributed by atoms with van der Waals surface area (Å²) in [6.07, 6.45) is 0. The highest BCUT2D eigenvalue weighted by molar-refractivity contribution is 6.30. The molecule has 2 heterocycles. The molecule has 106 valence electrons. The number of furan rings is 1. The van der Waals surface area contributed by atoms with E-state index in [4.69, 9.17) is 21.9 Å². The Morgan fingerprint density at radius 1 is 1.00 bits per heavy atom. The van der Waals surface area contributed by atoms with Crippen LogP contribution in [0, 0.1) is 0 Å². The van der Waals surface area contributed by atoms with Gasteiger partial charge in [0.25, 0.3) is 0 Å². The lowest BCUT2D eigenvalue weighted by molar-refractivity contribution is 0.122. The first-order valence-corrected chi connectivity index (χ1v) is 7.15. The van der Waals surface area contributed by atoms with Crippen molar-refractivity contribution in [2.45, 2.75) is 6.54 Å². The number of halogens is 1. The summed E-state index contributed by atoms with van der Waals surface area (Å²) in [4.78, 5) is 2.35. The van der Waals surface area contributed by atoms with Gasteiger partial charge in [0.05, 0.1) is 6.54 Å². The van der Waals surface area contributed by atoms with Crippen molar-refractivity contribution < 1.29 is 4.42 Å². The van der Waals surface area contributed by atoms with E-state index in [1.54, 1.807) is 0 Å². The molecular weight excluding hydrogens is 274 g/mol. The van der Waals surface area contributed by atoms with Crippen molar-refractivity contribution in [1.82, 2.24) is 9.91 Å². The number of benzene rings is 1. The highest BCUT2D eigenvalue weighted by atomic mass is 35.5. The van der Waals surface area contributed by atoms with Crippen molar-refractivity contribution in [2.75, 3.05) is 26.2 Å². The van der Waals surface area contributed by atoms with Crippen molar-refractivity contribution >= 4 is 11.6 Å². The second-order valence-electron chi connectivity index (χ2n) is 5.08. The summed E-state index contributed by atoms with van der Waals surface area (Å²) in [6, 6.07) is 11.7. The molecule has 1 aromatic heterocycles. The minimum absolute atomic E-state index is 0.736. The fraction of sp³-hybridized carbons (Fsp3) is 0.333. The number of hydrogen-bond donors (Lipinski definition) is 1. The SMILES string of the molecule is NN1CCN(Cc2ccc(-c3ccc(Cl)cc3)o2)CC1. The molecule has 1 aromatic carbocycles. The Kier molecular flexibility index (Phi) is 4.08. The summed E-state index contributed by atoms with van der Waals surface area (Å²) in [6.45, 7) is 4.61. The lowest BCUT2D eigenvalue weighted by Crippen LogP contribution is -2.48. The Labute approximate surface area is 123 Å². The Morgan fingerprint density at radius 2 is 1.70 bits per heavy atom. The third kappa shape index (κ3) is 3.22. The molecule has 0 saturated carbocycles. The van der Waals surface area contributed by atoms with Crippen LogP contribution in [-0.2, 0) is 6.54 Å². The van der Waals surface area contributed by atoms with Crippen molar-refractivity contribution in [2.24, 2.45) is 5.84 Å². The third-order valence-corrected chi connectivity index (χ3v) is 3.83. The molecule has 2 N–H and O–H groups in total. The fourth-order valence-corrected chi connectivity index (χ4v) is 2.50. The Morgan fingerprint density at radius 3 is 2.40 bits per heavy atom. The first kappa shape index (κ1) is 13.6.